The molecular weight excluding hydrogens is 328 g/mol. The van der Waals surface area contributed by atoms with Gasteiger partial charge in [-0.1, -0.05) is 19.0 Å². The Morgan fingerprint density at radius 2 is 2.14 bits per heavy atom. The van der Waals surface area contributed by atoms with Crippen molar-refractivity contribution in [2.24, 2.45) is 0 Å². The van der Waals surface area contributed by atoms with Crippen LogP contribution in [-0.2, 0) is 29.4 Å². The van der Waals surface area contributed by atoms with Gasteiger partial charge in [0.15, 0.2) is 0 Å². The average molecular weight is 344 g/mol. The Bertz CT molecular complexity index is 755. The minimum atomic E-state index is -3.91. The topological polar surface area (TPSA) is 110 Å². The van der Waals surface area contributed by atoms with Crippen LogP contribution < -0.4 is 4.72 Å². The summed E-state index contributed by atoms with van der Waals surface area (Å²) in [5.74, 6) is -0.632. The molecule has 120 valence electrons. The molecule has 7 nitrogen and oxygen atoms in total. The van der Waals surface area contributed by atoms with Crippen molar-refractivity contribution >= 4 is 27.3 Å². The van der Waals surface area contributed by atoms with Crippen molar-refractivity contribution in [3.8, 4) is 0 Å². The number of hydrogen-bond donors (Lipinski definition) is 2. The third kappa shape index (κ3) is 3.21. The van der Waals surface area contributed by atoms with Crippen LogP contribution >= 0.6 is 11.3 Å². The van der Waals surface area contributed by atoms with Crippen LogP contribution in [0.3, 0.4) is 0 Å². The van der Waals surface area contributed by atoms with Gasteiger partial charge in [-0.15, -0.1) is 11.3 Å². The summed E-state index contributed by atoms with van der Waals surface area (Å²) < 4.78 is 32.2. The summed E-state index contributed by atoms with van der Waals surface area (Å²) >= 11 is 0.874. The Hall–Kier alpha value is -1.71. The SMILES string of the molecule is CCc1noc(CC)c1CNS(=O)(=O)c1ccsc1C(=O)O. The highest BCUT2D eigenvalue weighted by Gasteiger charge is 2.24. The number of carboxylic acids is 1. The van der Waals surface area contributed by atoms with Gasteiger partial charge in [-0.2, -0.15) is 0 Å². The van der Waals surface area contributed by atoms with E-state index >= 15 is 0 Å². The molecule has 2 aromatic rings. The van der Waals surface area contributed by atoms with E-state index in [9.17, 15) is 13.2 Å². The lowest BCUT2D eigenvalue weighted by molar-refractivity contribution is 0.0698. The van der Waals surface area contributed by atoms with Gasteiger partial charge < -0.3 is 9.63 Å². The molecule has 2 rings (SSSR count). The summed E-state index contributed by atoms with van der Waals surface area (Å²) in [7, 11) is -3.91. The smallest absolute Gasteiger partial charge is 0.347 e. The monoisotopic (exact) mass is 344 g/mol. The molecule has 0 bridgehead atoms. The Morgan fingerprint density at radius 3 is 2.73 bits per heavy atom. The number of hydrogen-bond acceptors (Lipinski definition) is 6. The van der Waals surface area contributed by atoms with E-state index in [1.54, 1.807) is 0 Å². The number of carbonyl (C=O) groups is 1. The maximum Gasteiger partial charge on any atom is 0.347 e. The highest BCUT2D eigenvalue weighted by molar-refractivity contribution is 7.89. The largest absolute Gasteiger partial charge is 0.477 e. The van der Waals surface area contributed by atoms with Crippen molar-refractivity contribution < 1.29 is 22.8 Å². The van der Waals surface area contributed by atoms with Gasteiger partial charge in [-0.25, -0.2) is 17.9 Å². The van der Waals surface area contributed by atoms with Crippen LogP contribution in [0.25, 0.3) is 0 Å². The van der Waals surface area contributed by atoms with E-state index in [2.05, 4.69) is 9.88 Å². The summed E-state index contributed by atoms with van der Waals surface area (Å²) in [6.45, 7) is 3.81. The van der Waals surface area contributed by atoms with Crippen molar-refractivity contribution in [1.82, 2.24) is 9.88 Å². The summed E-state index contributed by atoms with van der Waals surface area (Å²) in [5, 5.41) is 14.4. The molecule has 0 spiro atoms. The van der Waals surface area contributed by atoms with Crippen LogP contribution in [0, 0.1) is 0 Å². The maximum atomic E-state index is 12.3. The van der Waals surface area contributed by atoms with Gasteiger partial charge in [0, 0.05) is 18.5 Å². The highest BCUT2D eigenvalue weighted by atomic mass is 32.2. The number of aromatic carboxylic acids is 1. The highest BCUT2D eigenvalue weighted by Crippen LogP contribution is 2.23. The summed E-state index contributed by atoms with van der Waals surface area (Å²) in [4.78, 5) is 10.6. The van der Waals surface area contributed by atoms with Gasteiger partial charge in [0.2, 0.25) is 10.0 Å². The van der Waals surface area contributed by atoms with Gasteiger partial charge in [-0.3, -0.25) is 0 Å². The lowest BCUT2D eigenvalue weighted by Gasteiger charge is -2.07. The molecule has 0 aliphatic carbocycles. The molecule has 0 radical (unpaired) electrons. The number of sulfonamides is 1. The van der Waals surface area contributed by atoms with Crippen LogP contribution in [-0.4, -0.2) is 24.7 Å². The third-order valence-electron chi connectivity index (χ3n) is 3.16. The molecule has 0 saturated carbocycles. The fraction of sp³-hybridized carbons (Fsp3) is 0.385. The average Bonchev–Trinajstić information content (AvgIpc) is 3.11. The number of nitrogens with one attached hydrogen (secondary N) is 1. The second-order valence-corrected chi connectivity index (χ2v) is 7.13. The second kappa shape index (κ2) is 6.59. The summed E-state index contributed by atoms with van der Waals surface area (Å²) in [6.07, 6.45) is 1.22. The fourth-order valence-electron chi connectivity index (χ4n) is 2.05. The lowest BCUT2D eigenvalue weighted by Crippen LogP contribution is -2.25. The summed E-state index contributed by atoms with van der Waals surface area (Å²) in [5.41, 5.74) is 1.41. The predicted octanol–water partition coefficient (Wildman–Crippen LogP) is 2.04. The number of nitrogens with zero attached hydrogens (tertiary/aromatic N) is 1. The molecule has 0 atom stereocenters. The maximum absolute atomic E-state index is 12.3. The normalized spacial score (nSPS) is 11.7. The number of rotatable bonds is 7. The summed E-state index contributed by atoms with van der Waals surface area (Å²) in [6, 6.07) is 1.28. The van der Waals surface area contributed by atoms with Crippen molar-refractivity contribution in [3.63, 3.8) is 0 Å². The van der Waals surface area contributed by atoms with Crippen LogP contribution in [0.15, 0.2) is 20.9 Å². The number of thiophene rings is 1. The van der Waals surface area contributed by atoms with Gasteiger partial charge >= 0.3 is 5.97 Å². The van der Waals surface area contributed by atoms with E-state index in [0.29, 0.717) is 29.9 Å². The minimum Gasteiger partial charge on any atom is -0.477 e. The molecule has 2 heterocycles. The molecule has 0 saturated heterocycles. The molecule has 0 aromatic carbocycles. The molecule has 2 aromatic heterocycles. The lowest BCUT2D eigenvalue weighted by atomic mass is 10.1. The predicted molar refractivity (Wildman–Crippen MR) is 80.6 cm³/mol. The van der Waals surface area contributed by atoms with Crippen molar-refractivity contribution in [2.75, 3.05) is 0 Å². The molecule has 0 aliphatic rings. The van der Waals surface area contributed by atoms with Gasteiger partial charge in [0.05, 0.1) is 5.69 Å². The second-order valence-electron chi connectivity index (χ2n) is 4.48. The zero-order valence-corrected chi connectivity index (χ0v) is 13.8. The molecule has 22 heavy (non-hydrogen) atoms. The Kier molecular flexibility index (Phi) is 4.99. The Morgan fingerprint density at radius 1 is 1.41 bits per heavy atom. The van der Waals surface area contributed by atoms with E-state index in [1.807, 2.05) is 13.8 Å². The Balaban J connectivity index is 2.25. The molecule has 0 fully saturated rings. The van der Waals surface area contributed by atoms with Crippen LogP contribution in [0.4, 0.5) is 0 Å². The van der Waals surface area contributed by atoms with E-state index in [-0.39, 0.29) is 16.3 Å². The third-order valence-corrected chi connectivity index (χ3v) is 5.63. The first-order valence-corrected chi connectivity index (χ1v) is 9.03. The first-order valence-electron chi connectivity index (χ1n) is 6.67. The molecule has 0 unspecified atom stereocenters. The number of carboxylic acid groups (broad SMARTS) is 1. The van der Waals surface area contributed by atoms with Gasteiger partial charge in [0.1, 0.15) is 15.5 Å². The van der Waals surface area contributed by atoms with Crippen molar-refractivity contribution in [2.45, 2.75) is 38.1 Å². The van der Waals surface area contributed by atoms with Crippen LogP contribution in [0.1, 0.15) is 40.5 Å². The van der Waals surface area contributed by atoms with E-state index in [1.165, 1.54) is 11.4 Å². The zero-order valence-electron chi connectivity index (χ0n) is 12.1. The first kappa shape index (κ1) is 16.7. The van der Waals surface area contributed by atoms with E-state index in [4.69, 9.17) is 9.63 Å². The molecule has 0 amide bonds. The zero-order chi connectivity index (χ0) is 16.3. The van der Waals surface area contributed by atoms with Crippen LogP contribution in [0.5, 0.6) is 0 Å². The first-order chi connectivity index (χ1) is 10.4. The number of aromatic nitrogens is 1. The van der Waals surface area contributed by atoms with Gasteiger partial charge in [-0.05, 0) is 17.9 Å². The van der Waals surface area contributed by atoms with E-state index < -0.39 is 16.0 Å². The molecule has 2 N–H and O–H groups in total. The van der Waals surface area contributed by atoms with Crippen molar-refractivity contribution in [3.05, 3.63) is 33.3 Å². The van der Waals surface area contributed by atoms with Crippen LogP contribution in [0.2, 0.25) is 0 Å². The van der Waals surface area contributed by atoms with E-state index in [0.717, 1.165) is 11.3 Å². The standard InChI is InChI=1S/C13H16N2O5S2/c1-3-9-8(10(4-2)20-15-9)7-14-22(18,19)11-5-6-21-12(11)13(16)17/h5-6,14H,3-4,7H2,1-2H3,(H,16,17). The minimum absolute atomic E-state index is 0.0209. The fourth-order valence-corrected chi connectivity index (χ4v) is 4.30. The van der Waals surface area contributed by atoms with Gasteiger partial charge in [0.25, 0.3) is 0 Å². The Labute approximate surface area is 132 Å². The quantitative estimate of drug-likeness (QED) is 0.795. The number of aryl methyl sites for hydroxylation is 2. The molecule has 9 heteroatoms. The molecular formula is C13H16N2O5S2. The van der Waals surface area contributed by atoms with Crippen molar-refractivity contribution in [1.29, 1.82) is 0 Å². The molecule has 0 aliphatic heterocycles.